The monoisotopic (exact) mass is 425 g/mol. The maximum absolute atomic E-state index is 12.6. The highest BCUT2D eigenvalue weighted by Gasteiger charge is 2.13. The number of nitrogens with zero attached hydrogens (tertiary/aromatic N) is 1. The molecule has 160 valence electrons. The molecule has 6 heteroatoms. The Labute approximate surface area is 183 Å². The van der Waals surface area contributed by atoms with Gasteiger partial charge in [-0.25, -0.2) is 0 Å². The summed E-state index contributed by atoms with van der Waals surface area (Å²) in [7, 11) is 0. The fourth-order valence-corrected chi connectivity index (χ4v) is 4.39. The molecule has 1 fully saturated rings. The summed E-state index contributed by atoms with van der Waals surface area (Å²) in [6, 6.07) is 15.2. The Kier molecular flexibility index (Phi) is 8.78. The standard InChI is InChI=1S/C24H31N3O2S/c1-19-10-12-20(13-11-19)26-23(28)18-30-22-9-4-3-8-21(22)24(29)25-14-7-17-27-15-5-2-6-16-27/h3-4,8-13H,2,5-7,14-18H2,1H3,(H,25,29)(H,26,28). The van der Waals surface area contributed by atoms with E-state index in [2.05, 4.69) is 15.5 Å². The first kappa shape index (κ1) is 22.4. The van der Waals surface area contributed by atoms with Crippen LogP contribution >= 0.6 is 11.8 Å². The van der Waals surface area contributed by atoms with E-state index in [0.717, 1.165) is 29.1 Å². The second-order valence-corrected chi connectivity index (χ2v) is 8.73. The molecule has 2 aromatic rings. The summed E-state index contributed by atoms with van der Waals surface area (Å²) in [6.45, 7) is 6.07. The average Bonchev–Trinajstić information content (AvgIpc) is 2.77. The lowest BCUT2D eigenvalue weighted by Crippen LogP contribution is -2.33. The summed E-state index contributed by atoms with van der Waals surface area (Å²) >= 11 is 1.39. The number of nitrogens with one attached hydrogen (secondary N) is 2. The molecular formula is C24H31N3O2S. The molecule has 0 unspecified atom stereocenters. The summed E-state index contributed by atoms with van der Waals surface area (Å²) in [5, 5.41) is 5.93. The van der Waals surface area contributed by atoms with Crippen molar-refractivity contribution in [2.75, 3.05) is 37.2 Å². The van der Waals surface area contributed by atoms with Gasteiger partial charge in [-0.3, -0.25) is 9.59 Å². The number of carbonyl (C=O) groups excluding carboxylic acids is 2. The van der Waals surface area contributed by atoms with E-state index in [0.29, 0.717) is 12.1 Å². The van der Waals surface area contributed by atoms with E-state index >= 15 is 0 Å². The van der Waals surface area contributed by atoms with Crippen molar-refractivity contribution in [3.8, 4) is 0 Å². The molecular weight excluding hydrogens is 394 g/mol. The van der Waals surface area contributed by atoms with Crippen molar-refractivity contribution in [3.63, 3.8) is 0 Å². The Morgan fingerprint density at radius 3 is 2.50 bits per heavy atom. The van der Waals surface area contributed by atoms with Crippen molar-refractivity contribution in [1.82, 2.24) is 10.2 Å². The molecule has 0 saturated carbocycles. The molecule has 0 radical (unpaired) electrons. The minimum absolute atomic E-state index is 0.0734. The summed E-state index contributed by atoms with van der Waals surface area (Å²) in [5.41, 5.74) is 2.56. The Morgan fingerprint density at radius 2 is 1.73 bits per heavy atom. The maximum atomic E-state index is 12.6. The molecule has 2 amide bonds. The highest BCUT2D eigenvalue weighted by Crippen LogP contribution is 2.23. The van der Waals surface area contributed by atoms with Crippen LogP contribution in [0.5, 0.6) is 0 Å². The van der Waals surface area contributed by atoms with Crippen LogP contribution in [0.1, 0.15) is 41.6 Å². The highest BCUT2D eigenvalue weighted by molar-refractivity contribution is 8.00. The van der Waals surface area contributed by atoms with Gasteiger partial charge in [0.25, 0.3) is 5.91 Å². The third kappa shape index (κ3) is 7.18. The zero-order chi connectivity index (χ0) is 21.2. The van der Waals surface area contributed by atoms with Crippen LogP contribution in [0, 0.1) is 6.92 Å². The Bertz CT molecular complexity index is 833. The molecule has 0 aliphatic carbocycles. The van der Waals surface area contributed by atoms with Gasteiger partial charge in [0.1, 0.15) is 0 Å². The van der Waals surface area contributed by atoms with Crippen LogP contribution in [-0.2, 0) is 4.79 Å². The van der Waals surface area contributed by atoms with E-state index in [1.807, 2.05) is 55.5 Å². The van der Waals surface area contributed by atoms with Crippen molar-refractivity contribution < 1.29 is 9.59 Å². The van der Waals surface area contributed by atoms with E-state index in [4.69, 9.17) is 0 Å². The second-order valence-electron chi connectivity index (χ2n) is 7.71. The Balaban J connectivity index is 1.45. The van der Waals surface area contributed by atoms with E-state index in [1.165, 1.54) is 44.1 Å². The molecule has 0 spiro atoms. The number of thioether (sulfide) groups is 1. The van der Waals surface area contributed by atoms with Gasteiger partial charge in [-0.05, 0) is 70.1 Å². The van der Waals surface area contributed by atoms with Crippen molar-refractivity contribution >= 4 is 29.3 Å². The molecule has 0 bridgehead atoms. The first-order valence-corrected chi connectivity index (χ1v) is 11.7. The van der Waals surface area contributed by atoms with E-state index < -0.39 is 0 Å². The summed E-state index contributed by atoms with van der Waals surface area (Å²) in [6.07, 6.45) is 4.87. The van der Waals surface area contributed by atoms with Gasteiger partial charge in [0.05, 0.1) is 11.3 Å². The maximum Gasteiger partial charge on any atom is 0.252 e. The van der Waals surface area contributed by atoms with Crippen LogP contribution < -0.4 is 10.6 Å². The van der Waals surface area contributed by atoms with E-state index in [-0.39, 0.29) is 17.6 Å². The van der Waals surface area contributed by atoms with Crippen molar-refractivity contribution in [2.24, 2.45) is 0 Å². The highest BCUT2D eigenvalue weighted by atomic mass is 32.2. The third-order valence-electron chi connectivity index (χ3n) is 5.21. The topological polar surface area (TPSA) is 61.4 Å². The molecule has 1 heterocycles. The molecule has 2 N–H and O–H groups in total. The lowest BCUT2D eigenvalue weighted by Gasteiger charge is -2.26. The Hall–Kier alpha value is -2.31. The van der Waals surface area contributed by atoms with Crippen molar-refractivity contribution in [3.05, 3.63) is 59.7 Å². The molecule has 5 nitrogen and oxygen atoms in total. The summed E-state index contributed by atoms with van der Waals surface area (Å²) in [4.78, 5) is 28.2. The first-order valence-electron chi connectivity index (χ1n) is 10.7. The van der Waals surface area contributed by atoms with Gasteiger partial charge in [-0.1, -0.05) is 36.2 Å². The van der Waals surface area contributed by atoms with E-state index in [1.54, 1.807) is 0 Å². The zero-order valence-corrected chi connectivity index (χ0v) is 18.5. The van der Waals surface area contributed by atoms with Crippen LogP contribution in [0.4, 0.5) is 5.69 Å². The number of aryl methyl sites for hydroxylation is 1. The van der Waals surface area contributed by atoms with Crippen LogP contribution in [-0.4, -0.2) is 48.6 Å². The van der Waals surface area contributed by atoms with Crippen LogP contribution in [0.2, 0.25) is 0 Å². The number of piperidine rings is 1. The molecule has 2 aromatic carbocycles. The lowest BCUT2D eigenvalue weighted by molar-refractivity contribution is -0.113. The second kappa shape index (κ2) is 11.8. The SMILES string of the molecule is Cc1ccc(NC(=O)CSc2ccccc2C(=O)NCCCN2CCCCC2)cc1. The van der Waals surface area contributed by atoms with Crippen LogP contribution in [0.15, 0.2) is 53.4 Å². The summed E-state index contributed by atoms with van der Waals surface area (Å²) < 4.78 is 0. The van der Waals surface area contributed by atoms with Crippen LogP contribution in [0.3, 0.4) is 0 Å². The molecule has 1 aliphatic heterocycles. The first-order chi connectivity index (χ1) is 14.6. The van der Waals surface area contributed by atoms with Gasteiger partial charge < -0.3 is 15.5 Å². The zero-order valence-electron chi connectivity index (χ0n) is 17.7. The van der Waals surface area contributed by atoms with Gasteiger partial charge in [0.15, 0.2) is 0 Å². The van der Waals surface area contributed by atoms with Gasteiger partial charge >= 0.3 is 0 Å². The normalized spacial score (nSPS) is 14.3. The molecule has 30 heavy (non-hydrogen) atoms. The fraction of sp³-hybridized carbons (Fsp3) is 0.417. The number of carbonyl (C=O) groups is 2. The molecule has 1 aliphatic rings. The predicted molar refractivity (Wildman–Crippen MR) is 124 cm³/mol. The van der Waals surface area contributed by atoms with Crippen molar-refractivity contribution in [2.45, 2.75) is 37.5 Å². The van der Waals surface area contributed by atoms with Crippen LogP contribution in [0.25, 0.3) is 0 Å². The quantitative estimate of drug-likeness (QED) is 0.464. The molecule has 0 atom stereocenters. The number of likely N-dealkylation sites (tertiary alicyclic amines) is 1. The number of hydrogen-bond donors (Lipinski definition) is 2. The average molecular weight is 426 g/mol. The molecule has 0 aromatic heterocycles. The molecule has 1 saturated heterocycles. The smallest absolute Gasteiger partial charge is 0.252 e. The number of amides is 2. The lowest BCUT2D eigenvalue weighted by atomic mass is 10.1. The largest absolute Gasteiger partial charge is 0.352 e. The number of anilines is 1. The minimum Gasteiger partial charge on any atom is -0.352 e. The predicted octanol–water partition coefficient (Wildman–Crippen LogP) is 4.33. The van der Waals surface area contributed by atoms with Gasteiger partial charge in [0, 0.05) is 17.1 Å². The Morgan fingerprint density at radius 1 is 1.00 bits per heavy atom. The van der Waals surface area contributed by atoms with Gasteiger partial charge in [-0.15, -0.1) is 11.8 Å². The van der Waals surface area contributed by atoms with Crippen molar-refractivity contribution in [1.29, 1.82) is 0 Å². The number of hydrogen-bond acceptors (Lipinski definition) is 4. The molecule has 3 rings (SSSR count). The van der Waals surface area contributed by atoms with Gasteiger partial charge in [0.2, 0.25) is 5.91 Å². The van der Waals surface area contributed by atoms with Gasteiger partial charge in [-0.2, -0.15) is 0 Å². The fourth-order valence-electron chi connectivity index (χ4n) is 3.54. The number of rotatable bonds is 9. The summed E-state index contributed by atoms with van der Waals surface area (Å²) in [5.74, 6) is 0.101. The third-order valence-corrected chi connectivity index (χ3v) is 6.28. The minimum atomic E-state index is -0.0828. The number of benzene rings is 2. The van der Waals surface area contributed by atoms with E-state index in [9.17, 15) is 9.59 Å².